The van der Waals surface area contributed by atoms with E-state index in [1.54, 1.807) is 6.92 Å². The zero-order valence-electron chi connectivity index (χ0n) is 14.6. The first-order chi connectivity index (χ1) is 8.29. The van der Waals surface area contributed by atoms with E-state index in [1.807, 2.05) is 0 Å². The SMILES string of the molecule is [2H]C([2H])([2H])C([C@@H]1CC[C@@H](C)C([2H])([2H])C1=O)C([2H])([2H])[2H]. The molecule has 0 saturated heterocycles. The third kappa shape index (κ3) is 2.05. The van der Waals surface area contributed by atoms with Crippen LogP contribution in [0.1, 0.15) is 50.8 Å². The van der Waals surface area contributed by atoms with Gasteiger partial charge in [-0.1, -0.05) is 20.6 Å². The summed E-state index contributed by atoms with van der Waals surface area (Å²) in [6.45, 7) is -4.03. The van der Waals surface area contributed by atoms with Gasteiger partial charge in [-0.25, -0.2) is 0 Å². The van der Waals surface area contributed by atoms with Crippen LogP contribution in [-0.2, 0) is 4.79 Å². The van der Waals surface area contributed by atoms with Crippen molar-refractivity contribution in [3.8, 4) is 0 Å². The van der Waals surface area contributed by atoms with Gasteiger partial charge >= 0.3 is 0 Å². The highest BCUT2D eigenvalue weighted by molar-refractivity contribution is 5.82. The Bertz CT molecular complexity index is 342. The van der Waals surface area contributed by atoms with Crippen molar-refractivity contribution in [2.45, 2.75) is 39.8 Å². The van der Waals surface area contributed by atoms with Crippen LogP contribution in [0.4, 0.5) is 0 Å². The average molecular weight is 162 g/mol. The maximum Gasteiger partial charge on any atom is 0.136 e. The monoisotopic (exact) mass is 162 g/mol. The van der Waals surface area contributed by atoms with Gasteiger partial charge in [-0.05, 0) is 24.7 Å². The molecule has 1 heteroatoms. The second kappa shape index (κ2) is 3.38. The van der Waals surface area contributed by atoms with E-state index in [2.05, 4.69) is 0 Å². The molecule has 0 heterocycles. The van der Waals surface area contributed by atoms with Gasteiger partial charge in [-0.15, -0.1) is 0 Å². The molecule has 2 atom stereocenters. The van der Waals surface area contributed by atoms with E-state index in [0.29, 0.717) is 6.42 Å². The van der Waals surface area contributed by atoms with E-state index in [0.717, 1.165) is 0 Å². The number of hydrogen-bond acceptors (Lipinski definition) is 1. The molecule has 0 aliphatic heterocycles. The summed E-state index contributed by atoms with van der Waals surface area (Å²) in [5.41, 5.74) is 0. The molecule has 0 radical (unpaired) electrons. The third-order valence-electron chi connectivity index (χ3n) is 2.04. The molecule has 0 bridgehead atoms. The van der Waals surface area contributed by atoms with Gasteiger partial charge in [-0.2, -0.15) is 0 Å². The second-order valence-corrected chi connectivity index (χ2v) is 3.07. The summed E-state index contributed by atoms with van der Waals surface area (Å²) < 4.78 is 59.5. The lowest BCUT2D eigenvalue weighted by Crippen LogP contribution is -2.27. The fourth-order valence-corrected chi connectivity index (χ4v) is 1.30. The maximum atomic E-state index is 12.1. The summed E-state index contributed by atoms with van der Waals surface area (Å²) in [5.74, 6) is -4.48. The van der Waals surface area contributed by atoms with Crippen molar-refractivity contribution < 1.29 is 15.8 Å². The topological polar surface area (TPSA) is 17.1 Å². The third-order valence-corrected chi connectivity index (χ3v) is 2.04. The van der Waals surface area contributed by atoms with Crippen LogP contribution in [0, 0.1) is 17.8 Å². The number of carbonyl (C=O) groups is 1. The summed E-state index contributed by atoms with van der Waals surface area (Å²) in [4.78, 5) is 12.1. The normalized spacial score (nSPS) is 50.5. The lowest BCUT2D eigenvalue weighted by Gasteiger charge is -2.27. The van der Waals surface area contributed by atoms with Gasteiger partial charge < -0.3 is 0 Å². The first-order valence-electron chi connectivity index (χ1n) is 7.84. The summed E-state index contributed by atoms with van der Waals surface area (Å²) in [7, 11) is 0. The molecular formula is C10H18O. The van der Waals surface area contributed by atoms with E-state index in [4.69, 9.17) is 11.0 Å². The van der Waals surface area contributed by atoms with Crippen LogP contribution >= 0.6 is 0 Å². The molecule has 64 valence electrons. The van der Waals surface area contributed by atoms with E-state index in [-0.39, 0.29) is 6.42 Å². The van der Waals surface area contributed by atoms with E-state index in [9.17, 15) is 4.79 Å². The van der Waals surface area contributed by atoms with Gasteiger partial charge in [0.15, 0.2) is 0 Å². The summed E-state index contributed by atoms with van der Waals surface area (Å²) >= 11 is 0. The summed E-state index contributed by atoms with van der Waals surface area (Å²) in [6.07, 6.45) is -1.73. The van der Waals surface area contributed by atoms with E-state index < -0.39 is 43.6 Å². The van der Waals surface area contributed by atoms with Crippen molar-refractivity contribution in [2.24, 2.45) is 17.8 Å². The molecule has 0 N–H and O–H groups in total. The van der Waals surface area contributed by atoms with Crippen LogP contribution in [0.2, 0.25) is 0 Å². The van der Waals surface area contributed by atoms with Gasteiger partial charge in [0.05, 0.1) is 0 Å². The molecule has 1 saturated carbocycles. The van der Waals surface area contributed by atoms with Gasteiger partial charge in [0.2, 0.25) is 0 Å². The standard InChI is InChI=1S/C10H18O/c1-7(2)9-5-4-8(3)6-10(9)11/h7-9H,4-6H2,1-3H3/t8-,9+/m1/s1/i1D3,2D3,6D2. The fraction of sp³-hybridized carbons (Fsp3) is 0.900. The van der Waals surface area contributed by atoms with E-state index >= 15 is 0 Å². The summed E-state index contributed by atoms with van der Waals surface area (Å²) in [5, 5.41) is 0. The van der Waals surface area contributed by atoms with Crippen molar-refractivity contribution in [2.75, 3.05) is 0 Å². The Morgan fingerprint density at radius 2 is 2.36 bits per heavy atom. The molecule has 1 aliphatic rings. The molecule has 1 nitrogen and oxygen atoms in total. The molecule has 0 aromatic rings. The molecule has 0 unspecified atom stereocenters. The predicted molar refractivity (Wildman–Crippen MR) is 46.4 cm³/mol. The van der Waals surface area contributed by atoms with Crippen molar-refractivity contribution in [3.63, 3.8) is 0 Å². The van der Waals surface area contributed by atoms with Crippen LogP contribution in [0.3, 0.4) is 0 Å². The lowest BCUT2D eigenvalue weighted by molar-refractivity contribution is -0.127. The molecule has 0 aromatic heterocycles. The Kier molecular flexibility index (Phi) is 0.879. The lowest BCUT2D eigenvalue weighted by atomic mass is 9.77. The average Bonchev–Trinajstić information content (AvgIpc) is 2.16. The molecule has 0 aromatic carbocycles. The van der Waals surface area contributed by atoms with Crippen LogP contribution in [0.25, 0.3) is 0 Å². The molecular weight excluding hydrogens is 136 g/mol. The Balaban J connectivity index is 3.16. The predicted octanol–water partition coefficient (Wildman–Crippen LogP) is 2.65. The van der Waals surface area contributed by atoms with Gasteiger partial charge in [0.25, 0.3) is 0 Å². The van der Waals surface area contributed by atoms with Crippen LogP contribution < -0.4 is 0 Å². The van der Waals surface area contributed by atoms with Crippen LogP contribution in [0.15, 0.2) is 0 Å². The highest BCUT2D eigenvalue weighted by Gasteiger charge is 2.27. The maximum absolute atomic E-state index is 12.1. The minimum Gasteiger partial charge on any atom is -0.299 e. The van der Waals surface area contributed by atoms with Gasteiger partial charge in [-0.3, -0.25) is 4.79 Å². The summed E-state index contributed by atoms with van der Waals surface area (Å²) in [6, 6.07) is 0. The Hall–Kier alpha value is -0.330. The number of Topliss-reactive ketones (excluding diaryl/α,β-unsaturated/α-hetero) is 1. The van der Waals surface area contributed by atoms with Gasteiger partial charge in [0, 0.05) is 23.3 Å². The molecule has 1 aliphatic carbocycles. The minimum absolute atomic E-state index is 0.112. The van der Waals surface area contributed by atoms with Crippen LogP contribution in [0.5, 0.6) is 0 Å². The zero-order valence-corrected chi connectivity index (χ0v) is 6.55. The highest BCUT2D eigenvalue weighted by atomic mass is 16.1. The van der Waals surface area contributed by atoms with Crippen LogP contribution in [-0.4, -0.2) is 5.78 Å². The molecule has 1 fully saturated rings. The number of ketones is 1. The zero-order chi connectivity index (χ0) is 15.2. The molecule has 11 heavy (non-hydrogen) atoms. The number of hydrogen-bond donors (Lipinski definition) is 0. The molecule has 0 spiro atoms. The van der Waals surface area contributed by atoms with Crippen molar-refractivity contribution in [3.05, 3.63) is 0 Å². The van der Waals surface area contributed by atoms with Crippen molar-refractivity contribution >= 4 is 5.78 Å². The smallest absolute Gasteiger partial charge is 0.136 e. The largest absolute Gasteiger partial charge is 0.299 e. The van der Waals surface area contributed by atoms with E-state index in [1.165, 1.54) is 0 Å². The first-order valence-corrected chi connectivity index (χ1v) is 3.84. The Morgan fingerprint density at radius 1 is 1.64 bits per heavy atom. The van der Waals surface area contributed by atoms with Crippen molar-refractivity contribution in [1.82, 2.24) is 0 Å². The number of rotatable bonds is 1. The first kappa shape index (κ1) is 2.86. The Morgan fingerprint density at radius 3 is 3.00 bits per heavy atom. The second-order valence-electron chi connectivity index (χ2n) is 3.07. The highest BCUT2D eigenvalue weighted by Crippen LogP contribution is 2.29. The minimum atomic E-state index is -2.80. The fourth-order valence-electron chi connectivity index (χ4n) is 1.30. The molecule has 0 amide bonds. The van der Waals surface area contributed by atoms with Gasteiger partial charge in [0.1, 0.15) is 5.78 Å². The molecule has 1 rings (SSSR count). The Labute approximate surface area is 80.4 Å². The van der Waals surface area contributed by atoms with Crippen molar-refractivity contribution in [1.29, 1.82) is 0 Å². The number of carbonyl (C=O) groups excluding carboxylic acids is 1. The quantitative estimate of drug-likeness (QED) is 0.579.